The molecule has 0 radical (unpaired) electrons. The number of benzene rings is 1. The van der Waals surface area contributed by atoms with E-state index in [4.69, 9.17) is 0 Å². The molecule has 1 heterocycles. The summed E-state index contributed by atoms with van der Waals surface area (Å²) in [5.74, 6) is 0. The fourth-order valence-corrected chi connectivity index (χ4v) is 1.59. The van der Waals surface area contributed by atoms with E-state index >= 15 is 0 Å². The number of aldehydes is 1. The average Bonchev–Trinajstić information content (AvgIpc) is 2.19. The van der Waals surface area contributed by atoms with Gasteiger partial charge in [-0.15, -0.1) is 0 Å². The molecule has 0 aliphatic heterocycles. The first-order valence-corrected chi connectivity index (χ1v) is 4.54. The number of carbonyl (C=O) groups is 1. The number of fused-ring (bicyclic) bond motifs is 1. The summed E-state index contributed by atoms with van der Waals surface area (Å²) in [6, 6.07) is 7.86. The van der Waals surface area contributed by atoms with Crippen LogP contribution < -0.4 is 0 Å². The predicted octanol–water partition coefficient (Wildman–Crippen LogP) is 2.66. The van der Waals surface area contributed by atoms with E-state index in [-0.39, 0.29) is 0 Å². The summed E-state index contributed by atoms with van der Waals surface area (Å²) in [6.07, 6.45) is 0.784. The number of nitrogens with zero attached hydrogens (tertiary/aromatic N) is 1. The molecule has 0 saturated heterocycles. The highest BCUT2D eigenvalue weighted by molar-refractivity contribution is 5.86. The van der Waals surface area contributed by atoms with Crippen LogP contribution in [0.5, 0.6) is 0 Å². The third kappa shape index (κ3) is 1.39. The van der Waals surface area contributed by atoms with Crippen molar-refractivity contribution in [1.82, 2.24) is 4.98 Å². The third-order valence-corrected chi connectivity index (χ3v) is 2.31. The van der Waals surface area contributed by atoms with Gasteiger partial charge in [0.2, 0.25) is 0 Å². The van der Waals surface area contributed by atoms with Crippen LogP contribution in [0, 0.1) is 13.8 Å². The Morgan fingerprint density at radius 2 is 2.00 bits per heavy atom. The molecule has 0 spiro atoms. The van der Waals surface area contributed by atoms with Crippen molar-refractivity contribution in [3.8, 4) is 0 Å². The fourth-order valence-electron chi connectivity index (χ4n) is 1.59. The maximum Gasteiger partial charge on any atom is 0.168 e. The predicted molar refractivity (Wildman–Crippen MR) is 56.6 cm³/mol. The van der Waals surface area contributed by atoms with Gasteiger partial charge in [0, 0.05) is 5.39 Å². The summed E-state index contributed by atoms with van der Waals surface area (Å²) in [5, 5.41) is 1.12. The van der Waals surface area contributed by atoms with Gasteiger partial charge in [0.1, 0.15) is 5.69 Å². The molecule has 1 aromatic carbocycles. The van der Waals surface area contributed by atoms with Crippen LogP contribution in [-0.4, -0.2) is 11.3 Å². The van der Waals surface area contributed by atoms with Crippen LogP contribution in [0.3, 0.4) is 0 Å². The lowest BCUT2D eigenvalue weighted by molar-refractivity contribution is 0.111. The summed E-state index contributed by atoms with van der Waals surface area (Å²) in [4.78, 5) is 14.8. The molecule has 0 amide bonds. The Bertz CT molecular complexity index is 503. The second-order valence-corrected chi connectivity index (χ2v) is 3.50. The highest BCUT2D eigenvalue weighted by Crippen LogP contribution is 2.18. The zero-order valence-corrected chi connectivity index (χ0v) is 8.24. The summed E-state index contributed by atoms with van der Waals surface area (Å²) < 4.78 is 0. The van der Waals surface area contributed by atoms with Crippen LogP contribution in [0.15, 0.2) is 24.3 Å². The second-order valence-electron chi connectivity index (χ2n) is 3.50. The van der Waals surface area contributed by atoms with Crippen LogP contribution in [0.4, 0.5) is 0 Å². The van der Waals surface area contributed by atoms with Gasteiger partial charge >= 0.3 is 0 Å². The van der Waals surface area contributed by atoms with Gasteiger partial charge in [-0.05, 0) is 37.6 Å². The summed E-state index contributed by atoms with van der Waals surface area (Å²) in [5.41, 5.74) is 3.69. The van der Waals surface area contributed by atoms with Gasteiger partial charge in [-0.25, -0.2) is 4.98 Å². The summed E-state index contributed by atoms with van der Waals surface area (Å²) in [6.45, 7) is 4.04. The minimum atomic E-state index is 0.499. The van der Waals surface area contributed by atoms with Gasteiger partial charge in [-0.1, -0.05) is 11.6 Å². The first-order valence-electron chi connectivity index (χ1n) is 4.54. The molecule has 0 aliphatic rings. The molecule has 2 rings (SSSR count). The molecule has 2 nitrogen and oxygen atoms in total. The van der Waals surface area contributed by atoms with Crippen molar-refractivity contribution in [1.29, 1.82) is 0 Å². The molecule has 0 fully saturated rings. The number of hydrogen-bond acceptors (Lipinski definition) is 2. The number of aryl methyl sites for hydroxylation is 2. The third-order valence-electron chi connectivity index (χ3n) is 2.31. The molecule has 0 bridgehead atoms. The Balaban J connectivity index is 2.82. The van der Waals surface area contributed by atoms with Gasteiger partial charge < -0.3 is 0 Å². The van der Waals surface area contributed by atoms with Gasteiger partial charge in [-0.3, -0.25) is 4.79 Å². The molecule has 0 unspecified atom stereocenters. The van der Waals surface area contributed by atoms with Gasteiger partial charge in [0.25, 0.3) is 0 Å². The zero-order chi connectivity index (χ0) is 10.1. The molecule has 0 aliphatic carbocycles. The largest absolute Gasteiger partial charge is 0.296 e. The molecule has 2 aromatic rings. The van der Waals surface area contributed by atoms with Crippen molar-refractivity contribution in [3.05, 3.63) is 41.1 Å². The van der Waals surface area contributed by atoms with Crippen LogP contribution in [0.1, 0.15) is 21.6 Å². The quantitative estimate of drug-likeness (QED) is 0.639. The molecule has 0 N–H and O–H groups in total. The molecular weight excluding hydrogens is 174 g/mol. The van der Waals surface area contributed by atoms with E-state index in [1.165, 1.54) is 5.56 Å². The lowest BCUT2D eigenvalue weighted by Crippen LogP contribution is -1.91. The van der Waals surface area contributed by atoms with Crippen molar-refractivity contribution in [2.75, 3.05) is 0 Å². The second kappa shape index (κ2) is 3.22. The van der Waals surface area contributed by atoms with Gasteiger partial charge in [0.15, 0.2) is 6.29 Å². The maximum atomic E-state index is 10.6. The van der Waals surface area contributed by atoms with E-state index in [1.807, 2.05) is 32.0 Å². The molecule has 70 valence electrons. The molecule has 0 saturated carbocycles. The number of aromatic nitrogens is 1. The standard InChI is InChI=1S/C12H11NO/c1-8-3-4-12-11(5-8)9(2)6-10(7-14)13-12/h3-7H,1-2H3. The highest BCUT2D eigenvalue weighted by Gasteiger charge is 2.01. The lowest BCUT2D eigenvalue weighted by Gasteiger charge is -2.03. The Hall–Kier alpha value is -1.70. The van der Waals surface area contributed by atoms with E-state index in [0.717, 1.165) is 22.8 Å². The normalized spacial score (nSPS) is 10.4. The van der Waals surface area contributed by atoms with Gasteiger partial charge in [0.05, 0.1) is 5.52 Å². The zero-order valence-electron chi connectivity index (χ0n) is 8.24. The van der Waals surface area contributed by atoms with Gasteiger partial charge in [-0.2, -0.15) is 0 Å². The lowest BCUT2D eigenvalue weighted by atomic mass is 10.1. The van der Waals surface area contributed by atoms with E-state index in [2.05, 4.69) is 11.1 Å². The van der Waals surface area contributed by atoms with Crippen molar-refractivity contribution in [2.45, 2.75) is 13.8 Å². The summed E-state index contributed by atoms with van der Waals surface area (Å²) in [7, 11) is 0. The number of hydrogen-bond donors (Lipinski definition) is 0. The Kier molecular flexibility index (Phi) is 2.04. The topological polar surface area (TPSA) is 30.0 Å². The van der Waals surface area contributed by atoms with Crippen LogP contribution in [0.25, 0.3) is 10.9 Å². The van der Waals surface area contributed by atoms with Crippen LogP contribution >= 0.6 is 0 Å². The number of carbonyl (C=O) groups excluding carboxylic acids is 1. The van der Waals surface area contributed by atoms with Crippen molar-refractivity contribution >= 4 is 17.2 Å². The molecule has 2 heteroatoms. The van der Waals surface area contributed by atoms with Crippen molar-refractivity contribution < 1.29 is 4.79 Å². The van der Waals surface area contributed by atoms with Crippen molar-refractivity contribution in [3.63, 3.8) is 0 Å². The maximum absolute atomic E-state index is 10.6. The molecule has 1 aromatic heterocycles. The Morgan fingerprint density at radius 3 is 2.71 bits per heavy atom. The Morgan fingerprint density at radius 1 is 1.21 bits per heavy atom. The smallest absolute Gasteiger partial charge is 0.168 e. The molecular formula is C12H11NO. The first kappa shape index (κ1) is 8.88. The monoisotopic (exact) mass is 185 g/mol. The van der Waals surface area contributed by atoms with E-state index in [9.17, 15) is 4.79 Å². The van der Waals surface area contributed by atoms with E-state index in [0.29, 0.717) is 5.69 Å². The number of rotatable bonds is 1. The highest BCUT2D eigenvalue weighted by atomic mass is 16.1. The minimum Gasteiger partial charge on any atom is -0.296 e. The Labute approximate surface area is 82.6 Å². The van der Waals surface area contributed by atoms with E-state index < -0.39 is 0 Å². The van der Waals surface area contributed by atoms with Crippen LogP contribution in [0.2, 0.25) is 0 Å². The fraction of sp³-hybridized carbons (Fsp3) is 0.167. The SMILES string of the molecule is Cc1ccc2nc(C=O)cc(C)c2c1. The number of pyridine rings is 1. The summed E-state index contributed by atoms with van der Waals surface area (Å²) >= 11 is 0. The molecule has 0 atom stereocenters. The molecule has 14 heavy (non-hydrogen) atoms. The van der Waals surface area contributed by atoms with Crippen LogP contribution in [-0.2, 0) is 0 Å². The average molecular weight is 185 g/mol. The first-order chi connectivity index (χ1) is 6.70. The van der Waals surface area contributed by atoms with Crippen molar-refractivity contribution in [2.24, 2.45) is 0 Å². The minimum absolute atomic E-state index is 0.499. The van der Waals surface area contributed by atoms with E-state index in [1.54, 1.807) is 0 Å².